The van der Waals surface area contributed by atoms with Gasteiger partial charge in [-0.05, 0) is 43.4 Å². The van der Waals surface area contributed by atoms with Crippen molar-refractivity contribution in [3.8, 4) is 0 Å². The molecular formula is C18H24IN5. The first-order valence-electron chi connectivity index (χ1n) is 8.07. The van der Waals surface area contributed by atoms with E-state index in [0.29, 0.717) is 12.6 Å². The average molecular weight is 437 g/mol. The van der Waals surface area contributed by atoms with Gasteiger partial charge in [-0.1, -0.05) is 24.3 Å². The Morgan fingerprint density at radius 2 is 2.04 bits per heavy atom. The van der Waals surface area contributed by atoms with Gasteiger partial charge in [-0.25, -0.2) is 9.97 Å². The number of fused-ring (bicyclic) bond motifs is 1. The Kier molecular flexibility index (Phi) is 6.96. The molecule has 0 radical (unpaired) electrons. The van der Waals surface area contributed by atoms with Crippen LogP contribution in [0.2, 0.25) is 0 Å². The summed E-state index contributed by atoms with van der Waals surface area (Å²) < 4.78 is 0. The first-order valence-corrected chi connectivity index (χ1v) is 8.07. The van der Waals surface area contributed by atoms with Gasteiger partial charge < -0.3 is 10.6 Å². The second kappa shape index (κ2) is 8.96. The van der Waals surface area contributed by atoms with E-state index < -0.39 is 0 Å². The van der Waals surface area contributed by atoms with Gasteiger partial charge in [0.05, 0.1) is 12.2 Å². The number of nitrogens with zero attached hydrogens (tertiary/aromatic N) is 3. The molecule has 0 bridgehead atoms. The fourth-order valence-corrected chi connectivity index (χ4v) is 2.99. The Hall–Kier alpha value is -1.70. The summed E-state index contributed by atoms with van der Waals surface area (Å²) in [6, 6.07) is 11.0. The number of aryl methyl sites for hydroxylation is 2. The third-order valence-corrected chi connectivity index (χ3v) is 4.18. The van der Waals surface area contributed by atoms with Crippen molar-refractivity contribution < 1.29 is 0 Å². The lowest BCUT2D eigenvalue weighted by Gasteiger charge is -2.27. The van der Waals surface area contributed by atoms with Gasteiger partial charge in [-0.15, -0.1) is 24.0 Å². The number of rotatable bonds is 3. The molecule has 1 aromatic carbocycles. The molecular weight excluding hydrogens is 413 g/mol. The summed E-state index contributed by atoms with van der Waals surface area (Å²) in [5.74, 6) is 1.61. The minimum Gasteiger partial charge on any atom is -0.353 e. The van der Waals surface area contributed by atoms with Gasteiger partial charge in [0.15, 0.2) is 5.96 Å². The van der Waals surface area contributed by atoms with Crippen molar-refractivity contribution in [2.24, 2.45) is 4.99 Å². The van der Waals surface area contributed by atoms with Gasteiger partial charge in [-0.3, -0.25) is 4.99 Å². The summed E-state index contributed by atoms with van der Waals surface area (Å²) in [5, 5.41) is 6.86. The molecule has 2 N–H and O–H groups in total. The summed E-state index contributed by atoms with van der Waals surface area (Å²) in [6.45, 7) is 2.54. The molecule has 3 rings (SSSR count). The maximum absolute atomic E-state index is 4.40. The number of nitrogens with one attached hydrogen (secondary N) is 2. The van der Waals surface area contributed by atoms with E-state index in [0.717, 1.165) is 36.7 Å². The van der Waals surface area contributed by atoms with Crippen LogP contribution in [-0.2, 0) is 19.4 Å². The molecule has 2 aromatic rings. The Bertz CT molecular complexity index is 701. The number of halogens is 1. The number of hydrogen-bond acceptors (Lipinski definition) is 3. The lowest BCUT2D eigenvalue weighted by Crippen LogP contribution is -2.45. The molecule has 1 aliphatic rings. The van der Waals surface area contributed by atoms with Crippen LogP contribution in [0.4, 0.5) is 0 Å². The fraction of sp³-hybridized carbons (Fsp3) is 0.389. The van der Waals surface area contributed by atoms with E-state index in [-0.39, 0.29) is 24.0 Å². The van der Waals surface area contributed by atoms with E-state index in [9.17, 15) is 0 Å². The predicted molar refractivity (Wildman–Crippen MR) is 108 cm³/mol. The molecule has 0 saturated heterocycles. The van der Waals surface area contributed by atoms with E-state index in [1.165, 1.54) is 11.1 Å². The van der Waals surface area contributed by atoms with E-state index in [4.69, 9.17) is 0 Å². The van der Waals surface area contributed by atoms with Crippen molar-refractivity contribution in [3.63, 3.8) is 0 Å². The minimum atomic E-state index is 0. The number of benzene rings is 1. The molecule has 0 saturated carbocycles. The SMILES string of the molecule is CN=C(NCc1ccnc(C)n1)NC1CCc2ccccc2C1.I. The lowest BCUT2D eigenvalue weighted by atomic mass is 9.88. The molecule has 24 heavy (non-hydrogen) atoms. The monoisotopic (exact) mass is 437 g/mol. The van der Waals surface area contributed by atoms with Crippen LogP contribution in [0.5, 0.6) is 0 Å². The smallest absolute Gasteiger partial charge is 0.191 e. The number of guanidine groups is 1. The van der Waals surface area contributed by atoms with Crippen LogP contribution in [0.25, 0.3) is 0 Å². The van der Waals surface area contributed by atoms with Crippen molar-refractivity contribution in [1.29, 1.82) is 0 Å². The lowest BCUT2D eigenvalue weighted by molar-refractivity contribution is 0.520. The van der Waals surface area contributed by atoms with Gasteiger partial charge in [-0.2, -0.15) is 0 Å². The summed E-state index contributed by atoms with van der Waals surface area (Å²) >= 11 is 0. The van der Waals surface area contributed by atoms with Crippen molar-refractivity contribution in [2.75, 3.05) is 7.05 Å². The molecule has 1 aromatic heterocycles. The average Bonchev–Trinajstić information content (AvgIpc) is 2.58. The topological polar surface area (TPSA) is 62.2 Å². The Labute approximate surface area is 160 Å². The normalized spacial score (nSPS) is 16.8. The first kappa shape index (κ1) is 18.6. The molecule has 1 aliphatic carbocycles. The Morgan fingerprint density at radius 1 is 1.25 bits per heavy atom. The van der Waals surface area contributed by atoms with Crippen LogP contribution in [0.3, 0.4) is 0 Å². The third-order valence-electron chi connectivity index (χ3n) is 4.18. The van der Waals surface area contributed by atoms with Crippen molar-refractivity contribution in [1.82, 2.24) is 20.6 Å². The van der Waals surface area contributed by atoms with Gasteiger partial charge in [0, 0.05) is 19.3 Å². The van der Waals surface area contributed by atoms with Crippen LogP contribution in [0.15, 0.2) is 41.5 Å². The maximum atomic E-state index is 4.40. The second-order valence-corrected chi connectivity index (χ2v) is 5.87. The van der Waals surface area contributed by atoms with Gasteiger partial charge in [0.25, 0.3) is 0 Å². The van der Waals surface area contributed by atoms with Gasteiger partial charge in [0.2, 0.25) is 0 Å². The molecule has 0 aliphatic heterocycles. The molecule has 0 amide bonds. The van der Waals surface area contributed by atoms with Crippen LogP contribution in [0.1, 0.15) is 29.1 Å². The largest absolute Gasteiger partial charge is 0.353 e. The third kappa shape index (κ3) is 4.90. The first-order chi connectivity index (χ1) is 11.2. The standard InChI is InChI=1S/C18H23N5.HI/c1-13-20-10-9-17(22-13)12-21-18(19-2)23-16-8-7-14-5-3-4-6-15(14)11-16;/h3-6,9-10,16H,7-8,11-12H2,1-2H3,(H2,19,21,23);1H. The molecule has 1 atom stereocenters. The van der Waals surface area contributed by atoms with Crippen LogP contribution in [0, 0.1) is 6.92 Å². The number of aromatic nitrogens is 2. The Balaban J connectivity index is 0.00000208. The minimum absolute atomic E-state index is 0. The quantitative estimate of drug-likeness (QED) is 0.441. The summed E-state index contributed by atoms with van der Waals surface area (Å²) in [6.07, 6.45) is 5.08. The van der Waals surface area contributed by atoms with Gasteiger partial charge in [0.1, 0.15) is 5.82 Å². The van der Waals surface area contributed by atoms with E-state index in [1.54, 1.807) is 13.2 Å². The van der Waals surface area contributed by atoms with E-state index >= 15 is 0 Å². The molecule has 128 valence electrons. The zero-order chi connectivity index (χ0) is 16.1. The zero-order valence-corrected chi connectivity index (χ0v) is 16.5. The van der Waals surface area contributed by atoms with Crippen molar-refractivity contribution in [3.05, 3.63) is 59.2 Å². The maximum Gasteiger partial charge on any atom is 0.191 e. The predicted octanol–water partition coefficient (Wildman–Crippen LogP) is 2.63. The number of hydrogen-bond donors (Lipinski definition) is 2. The fourth-order valence-electron chi connectivity index (χ4n) is 2.99. The van der Waals surface area contributed by atoms with Crippen molar-refractivity contribution in [2.45, 2.75) is 38.8 Å². The van der Waals surface area contributed by atoms with E-state index in [1.807, 2.05) is 13.0 Å². The zero-order valence-electron chi connectivity index (χ0n) is 14.1. The molecule has 6 heteroatoms. The molecule has 1 heterocycles. The van der Waals surface area contributed by atoms with Crippen molar-refractivity contribution >= 4 is 29.9 Å². The number of aliphatic imine (C=N–C) groups is 1. The molecule has 1 unspecified atom stereocenters. The highest BCUT2D eigenvalue weighted by molar-refractivity contribution is 14.0. The highest BCUT2D eigenvalue weighted by Crippen LogP contribution is 2.20. The molecule has 0 fully saturated rings. The highest BCUT2D eigenvalue weighted by Gasteiger charge is 2.18. The van der Waals surface area contributed by atoms with Crippen LogP contribution in [-0.4, -0.2) is 29.0 Å². The van der Waals surface area contributed by atoms with Crippen LogP contribution < -0.4 is 10.6 Å². The highest BCUT2D eigenvalue weighted by atomic mass is 127. The summed E-state index contributed by atoms with van der Waals surface area (Å²) in [7, 11) is 1.80. The summed E-state index contributed by atoms with van der Waals surface area (Å²) in [5.41, 5.74) is 3.89. The Morgan fingerprint density at radius 3 is 2.79 bits per heavy atom. The van der Waals surface area contributed by atoms with Crippen LogP contribution >= 0.6 is 24.0 Å². The second-order valence-electron chi connectivity index (χ2n) is 5.87. The molecule has 5 nitrogen and oxygen atoms in total. The molecule has 0 spiro atoms. The summed E-state index contributed by atoms with van der Waals surface area (Å²) in [4.78, 5) is 12.8. The van der Waals surface area contributed by atoms with E-state index in [2.05, 4.69) is 49.9 Å². The van der Waals surface area contributed by atoms with Gasteiger partial charge >= 0.3 is 0 Å².